The van der Waals surface area contributed by atoms with Crippen LogP contribution in [0, 0.1) is 0 Å². The maximum atomic E-state index is 13.1. The SMILES string of the molecule is CC(F)(F)c1ccc(O)c(C(C)(C)C(=O)O)c1. The molecular weight excluding hydrogens is 230 g/mol. The monoisotopic (exact) mass is 244 g/mol. The van der Waals surface area contributed by atoms with Crippen LogP contribution in [0.15, 0.2) is 18.2 Å². The summed E-state index contributed by atoms with van der Waals surface area (Å²) < 4.78 is 26.3. The molecule has 0 amide bonds. The average molecular weight is 244 g/mol. The highest BCUT2D eigenvalue weighted by Crippen LogP contribution is 2.36. The van der Waals surface area contributed by atoms with Crippen LogP contribution in [0.25, 0.3) is 0 Å². The van der Waals surface area contributed by atoms with Gasteiger partial charge in [0.15, 0.2) is 0 Å². The van der Waals surface area contributed by atoms with Crippen molar-refractivity contribution in [3.8, 4) is 5.75 Å². The number of rotatable bonds is 3. The highest BCUT2D eigenvalue weighted by molar-refractivity contribution is 5.81. The van der Waals surface area contributed by atoms with Crippen molar-refractivity contribution >= 4 is 5.97 Å². The van der Waals surface area contributed by atoms with Gasteiger partial charge in [0.2, 0.25) is 0 Å². The fourth-order valence-electron chi connectivity index (χ4n) is 1.42. The van der Waals surface area contributed by atoms with E-state index in [1.807, 2.05) is 0 Å². The minimum Gasteiger partial charge on any atom is -0.508 e. The molecule has 0 atom stereocenters. The molecule has 0 saturated carbocycles. The second-order valence-corrected chi connectivity index (χ2v) is 4.55. The summed E-state index contributed by atoms with van der Waals surface area (Å²) in [5, 5.41) is 18.6. The van der Waals surface area contributed by atoms with Crippen molar-refractivity contribution < 1.29 is 23.8 Å². The lowest BCUT2D eigenvalue weighted by molar-refractivity contribution is -0.142. The van der Waals surface area contributed by atoms with Gasteiger partial charge in [-0.3, -0.25) is 4.79 Å². The molecule has 0 spiro atoms. The van der Waals surface area contributed by atoms with Crippen LogP contribution in [0.3, 0.4) is 0 Å². The number of benzene rings is 1. The number of hydrogen-bond acceptors (Lipinski definition) is 2. The molecule has 0 radical (unpaired) electrons. The van der Waals surface area contributed by atoms with Gasteiger partial charge in [-0.1, -0.05) is 0 Å². The summed E-state index contributed by atoms with van der Waals surface area (Å²) in [6.45, 7) is 3.42. The molecule has 1 aromatic carbocycles. The topological polar surface area (TPSA) is 57.5 Å². The standard InChI is InChI=1S/C12H14F2O3/c1-11(2,10(16)17)8-6-7(12(3,13)14)4-5-9(8)15/h4-6,15H,1-3H3,(H,16,17). The maximum Gasteiger partial charge on any atom is 0.313 e. The molecule has 0 aliphatic rings. The normalized spacial score (nSPS) is 12.5. The zero-order valence-corrected chi connectivity index (χ0v) is 9.79. The summed E-state index contributed by atoms with van der Waals surface area (Å²) in [6.07, 6.45) is 0. The summed E-state index contributed by atoms with van der Waals surface area (Å²) in [4.78, 5) is 11.0. The Hall–Kier alpha value is -1.65. The molecule has 1 aromatic rings. The maximum absolute atomic E-state index is 13.1. The van der Waals surface area contributed by atoms with E-state index in [1.165, 1.54) is 13.8 Å². The van der Waals surface area contributed by atoms with Crippen LogP contribution < -0.4 is 0 Å². The summed E-state index contributed by atoms with van der Waals surface area (Å²) in [5.74, 6) is -4.56. The number of aliphatic carboxylic acids is 1. The Morgan fingerprint density at radius 3 is 2.18 bits per heavy atom. The zero-order valence-electron chi connectivity index (χ0n) is 9.79. The molecule has 0 aliphatic carbocycles. The van der Waals surface area contributed by atoms with Gasteiger partial charge in [-0.05, 0) is 32.0 Å². The third-order valence-corrected chi connectivity index (χ3v) is 2.71. The number of aromatic hydroxyl groups is 1. The lowest BCUT2D eigenvalue weighted by Crippen LogP contribution is -2.29. The molecule has 0 unspecified atom stereocenters. The fourth-order valence-corrected chi connectivity index (χ4v) is 1.42. The van der Waals surface area contributed by atoms with Gasteiger partial charge in [-0.25, -0.2) is 8.78 Å². The first-order valence-corrected chi connectivity index (χ1v) is 5.02. The Balaban J connectivity index is 3.39. The van der Waals surface area contributed by atoms with Crippen LogP contribution in [0.4, 0.5) is 8.78 Å². The molecule has 17 heavy (non-hydrogen) atoms. The van der Waals surface area contributed by atoms with Crippen LogP contribution >= 0.6 is 0 Å². The highest BCUT2D eigenvalue weighted by Gasteiger charge is 2.34. The second kappa shape index (κ2) is 3.98. The van der Waals surface area contributed by atoms with Crippen molar-refractivity contribution in [2.24, 2.45) is 0 Å². The Morgan fingerprint density at radius 1 is 1.24 bits per heavy atom. The Labute approximate surface area is 97.7 Å². The van der Waals surface area contributed by atoms with E-state index < -0.39 is 17.3 Å². The van der Waals surface area contributed by atoms with Crippen molar-refractivity contribution in [2.45, 2.75) is 32.1 Å². The number of phenolic OH excluding ortho intramolecular Hbond substituents is 1. The molecular formula is C12H14F2O3. The number of halogens is 2. The van der Waals surface area contributed by atoms with Crippen LogP contribution in [-0.2, 0) is 16.1 Å². The van der Waals surface area contributed by atoms with Gasteiger partial charge in [0.1, 0.15) is 5.75 Å². The molecule has 0 bridgehead atoms. The highest BCUT2D eigenvalue weighted by atomic mass is 19.3. The molecule has 3 nitrogen and oxygen atoms in total. The van der Waals surface area contributed by atoms with Crippen molar-refractivity contribution in [3.63, 3.8) is 0 Å². The lowest BCUT2D eigenvalue weighted by atomic mass is 9.83. The van der Waals surface area contributed by atoms with E-state index in [4.69, 9.17) is 5.11 Å². The van der Waals surface area contributed by atoms with E-state index >= 15 is 0 Å². The summed E-state index contributed by atoms with van der Waals surface area (Å²) in [6, 6.07) is 3.20. The minimum absolute atomic E-state index is 0.0241. The van der Waals surface area contributed by atoms with Gasteiger partial charge in [-0.15, -0.1) is 0 Å². The minimum atomic E-state index is -3.07. The zero-order chi connectivity index (χ0) is 13.4. The molecule has 5 heteroatoms. The molecule has 0 fully saturated rings. The number of phenols is 1. The Bertz CT molecular complexity index is 448. The summed E-state index contributed by atoms with van der Waals surface area (Å²) in [7, 11) is 0. The van der Waals surface area contributed by atoms with Gasteiger partial charge in [0.05, 0.1) is 5.41 Å². The largest absolute Gasteiger partial charge is 0.508 e. The van der Waals surface area contributed by atoms with Gasteiger partial charge >= 0.3 is 5.97 Å². The molecule has 0 aromatic heterocycles. The van der Waals surface area contributed by atoms with Crippen molar-refractivity contribution in [3.05, 3.63) is 29.3 Å². The van der Waals surface area contributed by atoms with Gasteiger partial charge in [-0.2, -0.15) is 0 Å². The number of carboxylic acids is 1. The van der Waals surface area contributed by atoms with Crippen LogP contribution in [0.2, 0.25) is 0 Å². The molecule has 1 rings (SSSR count). The molecule has 0 saturated heterocycles. The van der Waals surface area contributed by atoms with Crippen LogP contribution in [0.5, 0.6) is 5.75 Å². The van der Waals surface area contributed by atoms with E-state index in [0.717, 1.165) is 25.1 Å². The number of alkyl halides is 2. The van der Waals surface area contributed by atoms with Crippen LogP contribution in [-0.4, -0.2) is 16.2 Å². The van der Waals surface area contributed by atoms with E-state index in [-0.39, 0.29) is 16.9 Å². The van der Waals surface area contributed by atoms with E-state index in [9.17, 15) is 18.7 Å². The van der Waals surface area contributed by atoms with Crippen molar-refractivity contribution in [1.82, 2.24) is 0 Å². The van der Waals surface area contributed by atoms with E-state index in [1.54, 1.807) is 0 Å². The summed E-state index contributed by atoms with van der Waals surface area (Å²) >= 11 is 0. The number of carbonyl (C=O) groups is 1. The first kappa shape index (κ1) is 13.4. The second-order valence-electron chi connectivity index (χ2n) is 4.55. The molecule has 94 valence electrons. The summed E-state index contributed by atoms with van der Waals surface area (Å²) in [5.41, 5.74) is -1.77. The van der Waals surface area contributed by atoms with E-state index in [0.29, 0.717) is 0 Å². The van der Waals surface area contributed by atoms with Gasteiger partial charge < -0.3 is 10.2 Å². The molecule has 0 heterocycles. The average Bonchev–Trinajstić information content (AvgIpc) is 2.15. The van der Waals surface area contributed by atoms with Crippen molar-refractivity contribution in [2.75, 3.05) is 0 Å². The quantitative estimate of drug-likeness (QED) is 0.859. The third-order valence-electron chi connectivity index (χ3n) is 2.71. The van der Waals surface area contributed by atoms with Crippen molar-refractivity contribution in [1.29, 1.82) is 0 Å². The van der Waals surface area contributed by atoms with Gasteiger partial charge in [0, 0.05) is 18.1 Å². The molecule has 2 N–H and O–H groups in total. The molecule has 0 aliphatic heterocycles. The fraction of sp³-hybridized carbons (Fsp3) is 0.417. The predicted octanol–water partition coefficient (Wildman–Crippen LogP) is 2.87. The number of carboxylic acid groups (broad SMARTS) is 1. The van der Waals surface area contributed by atoms with E-state index in [2.05, 4.69) is 0 Å². The third kappa shape index (κ3) is 2.54. The first-order chi connectivity index (χ1) is 7.56. The predicted molar refractivity (Wildman–Crippen MR) is 58.3 cm³/mol. The number of hydrogen-bond donors (Lipinski definition) is 2. The Kier molecular flexibility index (Phi) is 3.14. The van der Waals surface area contributed by atoms with Crippen LogP contribution in [0.1, 0.15) is 31.9 Å². The Morgan fingerprint density at radius 2 is 1.76 bits per heavy atom. The lowest BCUT2D eigenvalue weighted by Gasteiger charge is -2.22. The smallest absolute Gasteiger partial charge is 0.313 e. The first-order valence-electron chi connectivity index (χ1n) is 5.02. The van der Waals surface area contributed by atoms with Gasteiger partial charge in [0.25, 0.3) is 5.92 Å².